The fourth-order valence-corrected chi connectivity index (χ4v) is 2.28. The highest BCUT2D eigenvalue weighted by atomic mass is 16.5. The van der Waals surface area contributed by atoms with Crippen molar-refractivity contribution in [2.24, 2.45) is 17.6 Å². The molecule has 0 aliphatic heterocycles. The van der Waals surface area contributed by atoms with Crippen LogP contribution in [0.5, 0.6) is 0 Å². The van der Waals surface area contributed by atoms with Gasteiger partial charge in [0.25, 0.3) is 0 Å². The van der Waals surface area contributed by atoms with Gasteiger partial charge in [0, 0.05) is 6.04 Å². The first-order valence-corrected chi connectivity index (χ1v) is 6.81. The molecule has 0 aromatic heterocycles. The van der Waals surface area contributed by atoms with Crippen molar-refractivity contribution in [1.82, 2.24) is 0 Å². The largest absolute Gasteiger partial charge is 0.469 e. The molecule has 0 fully saturated rings. The second-order valence-electron chi connectivity index (χ2n) is 5.64. The Morgan fingerprint density at radius 3 is 1.89 bits per heavy atom. The molecule has 0 saturated carbocycles. The summed E-state index contributed by atoms with van der Waals surface area (Å²) in [5.41, 5.74) is 8.50. The average molecular weight is 263 g/mol. The van der Waals surface area contributed by atoms with Crippen LogP contribution in [0.15, 0.2) is 24.3 Å². The monoisotopic (exact) mass is 263 g/mol. The molecule has 0 heterocycles. The smallest absolute Gasteiger partial charge is 0.310 e. The van der Waals surface area contributed by atoms with Gasteiger partial charge < -0.3 is 10.5 Å². The molecule has 0 spiro atoms. The molecule has 2 atom stereocenters. The zero-order valence-electron chi connectivity index (χ0n) is 12.5. The molecular formula is C16H25NO2. The molecule has 2 unspecified atom stereocenters. The van der Waals surface area contributed by atoms with Gasteiger partial charge in [0.1, 0.15) is 0 Å². The van der Waals surface area contributed by atoms with Crippen LogP contribution >= 0.6 is 0 Å². The van der Waals surface area contributed by atoms with E-state index in [1.807, 2.05) is 26.0 Å². The predicted octanol–water partition coefficient (Wildman–Crippen LogP) is 3.26. The SMILES string of the molecule is COC(=O)C(C(C)C)C(N)c1ccc(C(C)C)cc1. The number of rotatable bonds is 5. The topological polar surface area (TPSA) is 52.3 Å². The molecule has 3 nitrogen and oxygen atoms in total. The number of carbonyl (C=O) groups excluding carboxylic acids is 1. The van der Waals surface area contributed by atoms with Crippen molar-refractivity contribution >= 4 is 5.97 Å². The second kappa shape index (κ2) is 6.71. The summed E-state index contributed by atoms with van der Waals surface area (Å²) >= 11 is 0. The van der Waals surface area contributed by atoms with E-state index in [0.29, 0.717) is 5.92 Å². The maximum atomic E-state index is 11.8. The Labute approximate surface area is 116 Å². The maximum Gasteiger partial charge on any atom is 0.310 e. The van der Waals surface area contributed by atoms with Crippen LogP contribution in [-0.4, -0.2) is 13.1 Å². The van der Waals surface area contributed by atoms with Gasteiger partial charge in [0.05, 0.1) is 13.0 Å². The van der Waals surface area contributed by atoms with Gasteiger partial charge in [-0.15, -0.1) is 0 Å². The van der Waals surface area contributed by atoms with Gasteiger partial charge in [0.15, 0.2) is 0 Å². The molecule has 1 aromatic carbocycles. The Morgan fingerprint density at radius 1 is 1.05 bits per heavy atom. The number of carbonyl (C=O) groups is 1. The molecule has 0 amide bonds. The number of hydrogen-bond acceptors (Lipinski definition) is 3. The highest BCUT2D eigenvalue weighted by Crippen LogP contribution is 2.28. The summed E-state index contributed by atoms with van der Waals surface area (Å²) in [5.74, 6) is 0.0874. The molecule has 106 valence electrons. The summed E-state index contributed by atoms with van der Waals surface area (Å²) in [5, 5.41) is 0. The quantitative estimate of drug-likeness (QED) is 0.830. The van der Waals surface area contributed by atoms with E-state index in [1.165, 1.54) is 12.7 Å². The van der Waals surface area contributed by atoms with Crippen LogP contribution in [0.2, 0.25) is 0 Å². The van der Waals surface area contributed by atoms with Crippen LogP contribution in [0.3, 0.4) is 0 Å². The standard InChI is InChI=1S/C16H25NO2/c1-10(2)12-6-8-13(9-7-12)15(17)14(11(3)4)16(18)19-5/h6-11,14-15H,17H2,1-5H3. The first kappa shape index (κ1) is 15.7. The lowest BCUT2D eigenvalue weighted by molar-refractivity contribution is -0.147. The van der Waals surface area contributed by atoms with E-state index in [9.17, 15) is 4.79 Å². The zero-order valence-corrected chi connectivity index (χ0v) is 12.5. The third-order valence-corrected chi connectivity index (χ3v) is 3.57. The summed E-state index contributed by atoms with van der Waals surface area (Å²) < 4.78 is 4.86. The van der Waals surface area contributed by atoms with E-state index in [-0.39, 0.29) is 23.8 Å². The highest BCUT2D eigenvalue weighted by molar-refractivity contribution is 5.73. The molecule has 0 aliphatic rings. The van der Waals surface area contributed by atoms with E-state index in [1.54, 1.807) is 0 Å². The van der Waals surface area contributed by atoms with E-state index in [0.717, 1.165) is 5.56 Å². The van der Waals surface area contributed by atoms with E-state index in [2.05, 4.69) is 26.0 Å². The molecule has 0 radical (unpaired) electrons. The van der Waals surface area contributed by atoms with Gasteiger partial charge in [0.2, 0.25) is 0 Å². The lowest BCUT2D eigenvalue weighted by Crippen LogP contribution is -2.33. The summed E-state index contributed by atoms with van der Waals surface area (Å²) in [4.78, 5) is 11.8. The van der Waals surface area contributed by atoms with Crippen LogP contribution in [0, 0.1) is 11.8 Å². The Balaban J connectivity index is 2.96. The minimum Gasteiger partial charge on any atom is -0.469 e. The number of ether oxygens (including phenoxy) is 1. The predicted molar refractivity (Wildman–Crippen MR) is 77.8 cm³/mol. The molecule has 3 heteroatoms. The van der Waals surface area contributed by atoms with Gasteiger partial charge in [-0.3, -0.25) is 4.79 Å². The normalized spacial score (nSPS) is 14.5. The Kier molecular flexibility index (Phi) is 5.55. The molecule has 19 heavy (non-hydrogen) atoms. The van der Waals surface area contributed by atoms with E-state index in [4.69, 9.17) is 10.5 Å². The third-order valence-electron chi connectivity index (χ3n) is 3.57. The van der Waals surface area contributed by atoms with Crippen molar-refractivity contribution in [2.45, 2.75) is 39.7 Å². The fraction of sp³-hybridized carbons (Fsp3) is 0.562. The third kappa shape index (κ3) is 3.80. The highest BCUT2D eigenvalue weighted by Gasteiger charge is 2.30. The lowest BCUT2D eigenvalue weighted by Gasteiger charge is -2.25. The van der Waals surface area contributed by atoms with Crippen molar-refractivity contribution in [2.75, 3.05) is 7.11 Å². The summed E-state index contributed by atoms with van der Waals surface area (Å²) in [6.07, 6.45) is 0. The summed E-state index contributed by atoms with van der Waals surface area (Å²) in [6.45, 7) is 8.29. The zero-order chi connectivity index (χ0) is 14.6. The molecule has 2 N–H and O–H groups in total. The van der Waals surface area contributed by atoms with Crippen LogP contribution < -0.4 is 5.73 Å². The summed E-state index contributed by atoms with van der Waals surface area (Å²) in [7, 11) is 1.41. The first-order valence-electron chi connectivity index (χ1n) is 6.81. The van der Waals surface area contributed by atoms with Crippen molar-refractivity contribution in [1.29, 1.82) is 0 Å². The maximum absolute atomic E-state index is 11.8. The van der Waals surface area contributed by atoms with Gasteiger partial charge in [-0.25, -0.2) is 0 Å². The van der Waals surface area contributed by atoms with E-state index >= 15 is 0 Å². The molecular weight excluding hydrogens is 238 g/mol. The van der Waals surface area contributed by atoms with Crippen LogP contribution in [0.1, 0.15) is 50.8 Å². The molecule has 1 rings (SSSR count). The van der Waals surface area contributed by atoms with Crippen molar-refractivity contribution in [3.05, 3.63) is 35.4 Å². The van der Waals surface area contributed by atoms with Crippen molar-refractivity contribution in [3.8, 4) is 0 Å². The molecule has 0 saturated heterocycles. The molecule has 1 aromatic rings. The average Bonchev–Trinajstić information content (AvgIpc) is 2.38. The Morgan fingerprint density at radius 2 is 1.53 bits per heavy atom. The number of hydrogen-bond donors (Lipinski definition) is 1. The Bertz CT molecular complexity index is 409. The molecule has 0 aliphatic carbocycles. The number of esters is 1. The van der Waals surface area contributed by atoms with Crippen molar-refractivity contribution < 1.29 is 9.53 Å². The van der Waals surface area contributed by atoms with Gasteiger partial charge in [-0.2, -0.15) is 0 Å². The van der Waals surface area contributed by atoms with Gasteiger partial charge in [-0.1, -0.05) is 52.0 Å². The van der Waals surface area contributed by atoms with Gasteiger partial charge >= 0.3 is 5.97 Å². The van der Waals surface area contributed by atoms with Crippen LogP contribution in [0.4, 0.5) is 0 Å². The number of benzene rings is 1. The first-order chi connectivity index (χ1) is 8.88. The fourth-order valence-electron chi connectivity index (χ4n) is 2.28. The number of methoxy groups -OCH3 is 1. The summed E-state index contributed by atoms with van der Waals surface area (Å²) in [6, 6.07) is 7.85. The minimum atomic E-state index is -0.325. The number of nitrogens with two attached hydrogens (primary N) is 1. The lowest BCUT2D eigenvalue weighted by atomic mass is 9.84. The second-order valence-corrected chi connectivity index (χ2v) is 5.64. The van der Waals surface area contributed by atoms with Crippen LogP contribution in [0.25, 0.3) is 0 Å². The van der Waals surface area contributed by atoms with Crippen molar-refractivity contribution in [3.63, 3.8) is 0 Å². The van der Waals surface area contributed by atoms with Crippen LogP contribution in [-0.2, 0) is 9.53 Å². The Hall–Kier alpha value is -1.35. The van der Waals surface area contributed by atoms with E-state index < -0.39 is 0 Å². The molecule has 0 bridgehead atoms. The minimum absolute atomic E-state index is 0.146. The van der Waals surface area contributed by atoms with Gasteiger partial charge in [-0.05, 0) is 23.0 Å².